The van der Waals surface area contributed by atoms with Crippen LogP contribution in [0, 0.1) is 0 Å². The van der Waals surface area contributed by atoms with Crippen molar-refractivity contribution in [2.75, 3.05) is 18.1 Å². The molecule has 2 heterocycles. The Balaban J connectivity index is 1.95. The first-order valence-electron chi connectivity index (χ1n) is 7.38. The Kier molecular flexibility index (Phi) is 4.05. The fraction of sp³-hybridized carbons (Fsp3) is 0.533. The number of ether oxygens (including phenoxy) is 1. The number of hydrogen-bond acceptors (Lipinski definition) is 6. The molecule has 0 bridgehead atoms. The monoisotopic (exact) mass is 305 g/mol. The summed E-state index contributed by atoms with van der Waals surface area (Å²) in [7, 11) is 0. The second-order valence-electron chi connectivity index (χ2n) is 5.15. The molecule has 0 saturated heterocycles. The summed E-state index contributed by atoms with van der Waals surface area (Å²) in [6.45, 7) is 4.64. The molecule has 1 aliphatic rings. The summed E-state index contributed by atoms with van der Waals surface area (Å²) in [5.41, 5.74) is 0. The molecule has 0 unspecified atom stereocenters. The van der Waals surface area contributed by atoms with Gasteiger partial charge in [0, 0.05) is 10.9 Å². The van der Waals surface area contributed by atoms with Crippen molar-refractivity contribution < 1.29 is 9.53 Å². The smallest absolute Gasteiger partial charge is 0.325 e. The van der Waals surface area contributed by atoms with Crippen LogP contribution in [0.2, 0.25) is 0 Å². The number of carbonyl (C=O) groups is 1. The van der Waals surface area contributed by atoms with Gasteiger partial charge in [-0.05, 0) is 32.3 Å². The minimum Gasteiger partial charge on any atom is -0.465 e. The number of aromatic nitrogens is 2. The lowest BCUT2D eigenvalue weighted by molar-refractivity contribution is -0.141. The lowest BCUT2D eigenvalue weighted by Crippen LogP contribution is -2.33. The van der Waals surface area contributed by atoms with E-state index in [4.69, 9.17) is 4.74 Å². The largest absolute Gasteiger partial charge is 0.465 e. The molecular formula is C15H19N3O2S. The summed E-state index contributed by atoms with van der Waals surface area (Å²) < 4.78 is 5.09. The first-order chi connectivity index (χ1) is 10.2. The van der Waals surface area contributed by atoms with E-state index in [1.54, 1.807) is 17.7 Å². The van der Waals surface area contributed by atoms with Crippen LogP contribution in [-0.4, -0.2) is 35.1 Å². The second-order valence-corrected chi connectivity index (χ2v) is 6.26. The van der Waals surface area contributed by atoms with Crippen LogP contribution in [0.25, 0.3) is 10.2 Å². The van der Waals surface area contributed by atoms with E-state index in [1.165, 1.54) is 4.88 Å². The Morgan fingerprint density at radius 2 is 2.24 bits per heavy atom. The first kappa shape index (κ1) is 14.3. The molecule has 0 aliphatic heterocycles. The first-order valence-corrected chi connectivity index (χ1v) is 8.20. The summed E-state index contributed by atoms with van der Waals surface area (Å²) in [6.07, 6.45) is 4.79. The van der Waals surface area contributed by atoms with Crippen LogP contribution in [0.15, 0.2) is 12.4 Å². The standard InChI is InChI=1S/C15H19N3O2S/c1-3-11-7-12-14(16-9-17-15(12)21-11)18(10-5-6-10)8-13(19)20-4-2/h7,9-10H,3-6,8H2,1-2H3. The van der Waals surface area contributed by atoms with Crippen LogP contribution in [0.1, 0.15) is 31.6 Å². The third kappa shape index (κ3) is 3.00. The average Bonchev–Trinajstić information content (AvgIpc) is 3.23. The quantitative estimate of drug-likeness (QED) is 0.768. The van der Waals surface area contributed by atoms with Crippen molar-refractivity contribution in [3.8, 4) is 0 Å². The van der Waals surface area contributed by atoms with E-state index >= 15 is 0 Å². The lowest BCUT2D eigenvalue weighted by atomic mass is 10.3. The normalized spacial score (nSPS) is 14.4. The molecule has 21 heavy (non-hydrogen) atoms. The molecule has 0 aromatic carbocycles. The van der Waals surface area contributed by atoms with Crippen LogP contribution < -0.4 is 4.90 Å². The molecule has 3 rings (SSSR count). The van der Waals surface area contributed by atoms with E-state index in [2.05, 4.69) is 27.9 Å². The third-order valence-electron chi connectivity index (χ3n) is 3.57. The predicted molar refractivity (Wildman–Crippen MR) is 83.8 cm³/mol. The Labute approximate surface area is 128 Å². The number of carbonyl (C=O) groups excluding carboxylic acids is 1. The van der Waals surface area contributed by atoms with Gasteiger partial charge in [-0.2, -0.15) is 0 Å². The average molecular weight is 305 g/mol. The molecule has 6 heteroatoms. The number of fused-ring (bicyclic) bond motifs is 1. The molecule has 0 amide bonds. The second kappa shape index (κ2) is 5.97. The third-order valence-corrected chi connectivity index (χ3v) is 4.76. The van der Waals surface area contributed by atoms with Crippen molar-refractivity contribution in [3.05, 3.63) is 17.3 Å². The molecule has 5 nitrogen and oxygen atoms in total. The Hall–Kier alpha value is -1.69. The summed E-state index contributed by atoms with van der Waals surface area (Å²) in [5, 5.41) is 1.05. The van der Waals surface area contributed by atoms with E-state index in [-0.39, 0.29) is 12.5 Å². The van der Waals surface area contributed by atoms with Crippen molar-refractivity contribution in [3.63, 3.8) is 0 Å². The number of rotatable bonds is 6. The highest BCUT2D eigenvalue weighted by Crippen LogP contribution is 2.36. The predicted octanol–water partition coefficient (Wildman–Crippen LogP) is 2.79. The van der Waals surface area contributed by atoms with Gasteiger partial charge in [-0.15, -0.1) is 11.3 Å². The maximum Gasteiger partial charge on any atom is 0.325 e. The van der Waals surface area contributed by atoms with E-state index in [9.17, 15) is 4.79 Å². The van der Waals surface area contributed by atoms with Gasteiger partial charge in [-0.3, -0.25) is 4.79 Å². The Morgan fingerprint density at radius 3 is 2.90 bits per heavy atom. The molecule has 1 aliphatic carbocycles. The van der Waals surface area contributed by atoms with E-state index in [1.807, 2.05) is 6.92 Å². The highest BCUT2D eigenvalue weighted by atomic mass is 32.1. The van der Waals surface area contributed by atoms with Crippen LogP contribution in [0.5, 0.6) is 0 Å². The minimum atomic E-state index is -0.192. The number of thiophene rings is 1. The molecule has 2 aromatic rings. The number of aryl methyl sites for hydroxylation is 1. The fourth-order valence-electron chi connectivity index (χ4n) is 2.40. The van der Waals surface area contributed by atoms with Crippen molar-refractivity contribution in [1.29, 1.82) is 0 Å². The molecule has 0 spiro atoms. The maximum absolute atomic E-state index is 11.9. The van der Waals surface area contributed by atoms with E-state index < -0.39 is 0 Å². The molecule has 112 valence electrons. The van der Waals surface area contributed by atoms with Crippen molar-refractivity contribution in [1.82, 2.24) is 9.97 Å². The van der Waals surface area contributed by atoms with Crippen LogP contribution >= 0.6 is 11.3 Å². The van der Waals surface area contributed by atoms with Gasteiger partial charge in [0.25, 0.3) is 0 Å². The van der Waals surface area contributed by atoms with Gasteiger partial charge < -0.3 is 9.64 Å². The topological polar surface area (TPSA) is 55.3 Å². The molecule has 1 saturated carbocycles. The van der Waals surface area contributed by atoms with E-state index in [0.29, 0.717) is 12.6 Å². The summed E-state index contributed by atoms with van der Waals surface area (Å²) in [5.74, 6) is 0.675. The SMILES string of the molecule is CCOC(=O)CN(c1ncnc2sc(CC)cc12)C1CC1. The van der Waals surface area contributed by atoms with Crippen LogP contribution in [0.3, 0.4) is 0 Å². The molecule has 0 radical (unpaired) electrons. The van der Waals surface area contributed by atoms with Gasteiger partial charge in [-0.25, -0.2) is 9.97 Å². The van der Waals surface area contributed by atoms with Gasteiger partial charge in [0.05, 0.1) is 12.0 Å². The summed E-state index contributed by atoms with van der Waals surface area (Å²) in [4.78, 5) is 25.0. The van der Waals surface area contributed by atoms with Crippen molar-refractivity contribution in [2.45, 2.75) is 39.2 Å². The van der Waals surface area contributed by atoms with Crippen molar-refractivity contribution >= 4 is 33.3 Å². The van der Waals surface area contributed by atoms with Gasteiger partial charge in [0.15, 0.2) is 0 Å². The van der Waals surface area contributed by atoms with Gasteiger partial charge in [0.2, 0.25) is 0 Å². The maximum atomic E-state index is 11.9. The van der Waals surface area contributed by atoms with Gasteiger partial charge in [-0.1, -0.05) is 6.92 Å². The van der Waals surface area contributed by atoms with Gasteiger partial charge >= 0.3 is 5.97 Å². The molecule has 0 N–H and O–H groups in total. The van der Waals surface area contributed by atoms with E-state index in [0.717, 1.165) is 35.3 Å². The number of anilines is 1. The molecule has 1 fully saturated rings. The Morgan fingerprint density at radius 1 is 1.43 bits per heavy atom. The van der Waals surface area contributed by atoms with Crippen LogP contribution in [0.4, 0.5) is 5.82 Å². The zero-order chi connectivity index (χ0) is 14.8. The number of nitrogens with zero attached hydrogens (tertiary/aromatic N) is 3. The molecular weight excluding hydrogens is 286 g/mol. The summed E-state index contributed by atoms with van der Waals surface area (Å²) >= 11 is 1.70. The summed E-state index contributed by atoms with van der Waals surface area (Å²) in [6, 6.07) is 2.55. The number of hydrogen-bond donors (Lipinski definition) is 0. The zero-order valence-electron chi connectivity index (χ0n) is 12.3. The van der Waals surface area contributed by atoms with Gasteiger partial charge in [0.1, 0.15) is 23.5 Å². The molecule has 2 aromatic heterocycles. The number of esters is 1. The zero-order valence-corrected chi connectivity index (χ0v) is 13.2. The fourth-order valence-corrected chi connectivity index (χ4v) is 3.33. The molecule has 0 atom stereocenters. The highest BCUT2D eigenvalue weighted by molar-refractivity contribution is 7.18. The minimum absolute atomic E-state index is 0.192. The van der Waals surface area contributed by atoms with Crippen molar-refractivity contribution in [2.24, 2.45) is 0 Å². The highest BCUT2D eigenvalue weighted by Gasteiger charge is 2.33. The van der Waals surface area contributed by atoms with Crippen LogP contribution in [-0.2, 0) is 16.0 Å². The lowest BCUT2D eigenvalue weighted by Gasteiger charge is -2.22. The Bertz CT molecular complexity index is 651.